The Hall–Kier alpha value is -0.570. The second-order valence-corrected chi connectivity index (χ2v) is 7.13. The molecule has 2 rings (SSSR count). The summed E-state index contributed by atoms with van der Waals surface area (Å²) >= 11 is 0. The van der Waals surface area contributed by atoms with E-state index in [1.807, 2.05) is 20.8 Å². The largest absolute Gasteiger partial charge is 0.460 e. The van der Waals surface area contributed by atoms with E-state index in [1.165, 1.54) is 45.1 Å². The molecule has 0 N–H and O–H groups in total. The van der Waals surface area contributed by atoms with Crippen LogP contribution in [0.1, 0.15) is 65.7 Å². The Bertz CT molecular complexity index is 306. The molecule has 1 aliphatic heterocycles. The first-order valence-electron chi connectivity index (χ1n) is 7.91. The van der Waals surface area contributed by atoms with E-state index in [0.717, 1.165) is 18.5 Å². The summed E-state index contributed by atoms with van der Waals surface area (Å²) in [6.07, 6.45) is 8.74. The second-order valence-electron chi connectivity index (χ2n) is 7.13. The number of nitrogens with zero attached hydrogens (tertiary/aromatic N) is 1. The SMILES string of the molecule is CC(C)(C)OC(=O)CCN1CCCC2CCCCC21. The standard InChI is InChI=1S/C16H29NO2/c1-16(2,3)19-15(18)10-12-17-11-6-8-13-7-4-5-9-14(13)17/h13-14H,4-12H2,1-3H3. The van der Waals surface area contributed by atoms with Crippen LogP contribution in [0.15, 0.2) is 0 Å². The van der Waals surface area contributed by atoms with E-state index >= 15 is 0 Å². The van der Waals surface area contributed by atoms with Crippen molar-refractivity contribution >= 4 is 5.97 Å². The zero-order valence-corrected chi connectivity index (χ0v) is 12.8. The highest BCUT2D eigenvalue weighted by Gasteiger charge is 2.33. The predicted molar refractivity (Wildman–Crippen MR) is 77.0 cm³/mol. The van der Waals surface area contributed by atoms with E-state index in [-0.39, 0.29) is 11.6 Å². The molecular weight excluding hydrogens is 238 g/mol. The molecule has 1 heterocycles. The topological polar surface area (TPSA) is 29.5 Å². The van der Waals surface area contributed by atoms with Crippen LogP contribution in [0.5, 0.6) is 0 Å². The van der Waals surface area contributed by atoms with Gasteiger partial charge >= 0.3 is 5.97 Å². The van der Waals surface area contributed by atoms with Crippen LogP contribution >= 0.6 is 0 Å². The average Bonchev–Trinajstić information content (AvgIpc) is 2.34. The molecule has 0 radical (unpaired) electrons. The number of piperidine rings is 1. The van der Waals surface area contributed by atoms with E-state index < -0.39 is 0 Å². The molecule has 0 aromatic rings. The van der Waals surface area contributed by atoms with Gasteiger partial charge in [0.1, 0.15) is 5.60 Å². The molecule has 1 saturated heterocycles. The molecule has 3 heteroatoms. The van der Waals surface area contributed by atoms with Crippen molar-refractivity contribution in [1.82, 2.24) is 4.90 Å². The maximum absolute atomic E-state index is 11.8. The quantitative estimate of drug-likeness (QED) is 0.734. The minimum atomic E-state index is -0.355. The van der Waals surface area contributed by atoms with Crippen LogP contribution in [0, 0.1) is 5.92 Å². The number of carbonyl (C=O) groups is 1. The molecule has 1 aliphatic carbocycles. The summed E-state index contributed by atoms with van der Waals surface area (Å²) in [6, 6.07) is 0.741. The fourth-order valence-corrected chi connectivity index (χ4v) is 3.63. The van der Waals surface area contributed by atoms with Crippen molar-refractivity contribution in [2.45, 2.75) is 77.4 Å². The first-order chi connectivity index (χ1) is 8.96. The number of rotatable bonds is 3. The smallest absolute Gasteiger partial charge is 0.307 e. The van der Waals surface area contributed by atoms with Crippen molar-refractivity contribution in [3.63, 3.8) is 0 Å². The van der Waals surface area contributed by atoms with E-state index in [0.29, 0.717) is 6.42 Å². The Morgan fingerprint density at radius 2 is 1.84 bits per heavy atom. The number of fused-ring (bicyclic) bond motifs is 1. The van der Waals surface area contributed by atoms with Gasteiger partial charge in [-0.05, 0) is 58.9 Å². The lowest BCUT2D eigenvalue weighted by Gasteiger charge is -2.44. The van der Waals surface area contributed by atoms with Gasteiger partial charge in [-0.2, -0.15) is 0 Å². The number of ether oxygens (including phenoxy) is 1. The minimum absolute atomic E-state index is 0.0505. The van der Waals surface area contributed by atoms with Crippen LogP contribution in [0.4, 0.5) is 0 Å². The van der Waals surface area contributed by atoms with E-state index in [9.17, 15) is 4.79 Å². The van der Waals surface area contributed by atoms with Gasteiger partial charge in [-0.1, -0.05) is 12.8 Å². The van der Waals surface area contributed by atoms with Gasteiger partial charge in [0.15, 0.2) is 0 Å². The third-order valence-electron chi connectivity index (χ3n) is 4.38. The predicted octanol–water partition coefficient (Wildman–Crippen LogP) is 3.37. The lowest BCUT2D eigenvalue weighted by molar-refractivity contribution is -0.155. The summed E-state index contributed by atoms with van der Waals surface area (Å²) in [5.41, 5.74) is -0.355. The Kier molecular flexibility index (Phi) is 4.88. The molecule has 0 spiro atoms. The van der Waals surface area contributed by atoms with Gasteiger partial charge in [-0.25, -0.2) is 0 Å². The fourth-order valence-electron chi connectivity index (χ4n) is 3.63. The Morgan fingerprint density at radius 3 is 2.58 bits per heavy atom. The van der Waals surface area contributed by atoms with Crippen molar-refractivity contribution in [2.75, 3.05) is 13.1 Å². The molecule has 3 nitrogen and oxygen atoms in total. The zero-order valence-electron chi connectivity index (χ0n) is 12.8. The van der Waals surface area contributed by atoms with Crippen LogP contribution in [0.3, 0.4) is 0 Å². The zero-order chi connectivity index (χ0) is 13.9. The van der Waals surface area contributed by atoms with Gasteiger partial charge in [0.2, 0.25) is 0 Å². The van der Waals surface area contributed by atoms with Crippen LogP contribution in [-0.4, -0.2) is 35.6 Å². The first kappa shape index (κ1) is 14.8. The molecular formula is C16H29NO2. The van der Waals surface area contributed by atoms with E-state index in [4.69, 9.17) is 4.74 Å². The number of carbonyl (C=O) groups excluding carboxylic acids is 1. The number of hydrogen-bond donors (Lipinski definition) is 0. The highest BCUT2D eigenvalue weighted by molar-refractivity contribution is 5.70. The summed E-state index contributed by atoms with van der Waals surface area (Å²) in [4.78, 5) is 14.4. The number of hydrogen-bond acceptors (Lipinski definition) is 3. The fraction of sp³-hybridized carbons (Fsp3) is 0.938. The van der Waals surface area contributed by atoms with Crippen LogP contribution in [0.25, 0.3) is 0 Å². The summed E-state index contributed by atoms with van der Waals surface area (Å²) in [7, 11) is 0. The molecule has 0 aromatic carbocycles. The number of likely N-dealkylation sites (tertiary alicyclic amines) is 1. The maximum Gasteiger partial charge on any atom is 0.307 e. The molecule has 1 saturated carbocycles. The van der Waals surface area contributed by atoms with Gasteiger partial charge < -0.3 is 4.74 Å². The lowest BCUT2D eigenvalue weighted by Crippen LogP contribution is -2.47. The molecule has 2 unspecified atom stereocenters. The van der Waals surface area contributed by atoms with Gasteiger partial charge in [0, 0.05) is 12.6 Å². The van der Waals surface area contributed by atoms with E-state index in [1.54, 1.807) is 0 Å². The van der Waals surface area contributed by atoms with Crippen molar-refractivity contribution in [2.24, 2.45) is 5.92 Å². The Morgan fingerprint density at radius 1 is 1.16 bits per heavy atom. The highest BCUT2D eigenvalue weighted by atomic mass is 16.6. The molecule has 2 aliphatic rings. The van der Waals surface area contributed by atoms with Crippen molar-refractivity contribution in [3.05, 3.63) is 0 Å². The van der Waals surface area contributed by atoms with Gasteiger partial charge in [0.05, 0.1) is 6.42 Å². The third-order valence-corrected chi connectivity index (χ3v) is 4.38. The van der Waals surface area contributed by atoms with Crippen LogP contribution < -0.4 is 0 Å². The molecule has 0 bridgehead atoms. The summed E-state index contributed by atoms with van der Waals surface area (Å²) in [5, 5.41) is 0. The second kappa shape index (κ2) is 6.25. The summed E-state index contributed by atoms with van der Waals surface area (Å²) in [5.74, 6) is 0.839. The van der Waals surface area contributed by atoms with Gasteiger partial charge in [0.25, 0.3) is 0 Å². The van der Waals surface area contributed by atoms with Crippen molar-refractivity contribution < 1.29 is 9.53 Å². The van der Waals surface area contributed by atoms with E-state index in [2.05, 4.69) is 4.90 Å². The van der Waals surface area contributed by atoms with Crippen molar-refractivity contribution in [1.29, 1.82) is 0 Å². The minimum Gasteiger partial charge on any atom is -0.460 e. The highest BCUT2D eigenvalue weighted by Crippen LogP contribution is 2.35. The Labute approximate surface area is 117 Å². The molecule has 2 atom stereocenters. The Balaban J connectivity index is 1.79. The first-order valence-corrected chi connectivity index (χ1v) is 7.91. The summed E-state index contributed by atoms with van der Waals surface area (Å²) in [6.45, 7) is 7.86. The van der Waals surface area contributed by atoms with Gasteiger partial charge in [-0.3, -0.25) is 9.69 Å². The molecule has 19 heavy (non-hydrogen) atoms. The maximum atomic E-state index is 11.8. The van der Waals surface area contributed by atoms with Gasteiger partial charge in [-0.15, -0.1) is 0 Å². The molecule has 110 valence electrons. The van der Waals surface area contributed by atoms with Crippen LogP contribution in [-0.2, 0) is 9.53 Å². The molecule has 2 fully saturated rings. The molecule has 0 amide bonds. The molecule has 0 aromatic heterocycles. The number of esters is 1. The normalized spacial score (nSPS) is 28.8. The van der Waals surface area contributed by atoms with Crippen LogP contribution in [0.2, 0.25) is 0 Å². The summed E-state index contributed by atoms with van der Waals surface area (Å²) < 4.78 is 5.40. The van der Waals surface area contributed by atoms with Crippen molar-refractivity contribution in [3.8, 4) is 0 Å². The lowest BCUT2D eigenvalue weighted by atomic mass is 9.78. The third kappa shape index (κ3) is 4.48. The monoisotopic (exact) mass is 267 g/mol. The average molecular weight is 267 g/mol.